The van der Waals surface area contributed by atoms with Gasteiger partial charge in [0.15, 0.2) is 5.78 Å². The summed E-state index contributed by atoms with van der Waals surface area (Å²) >= 11 is 0. The van der Waals surface area contributed by atoms with Gasteiger partial charge in [0.05, 0.1) is 0 Å². The molecule has 2 rings (SSSR count). The molecule has 1 aromatic carbocycles. The van der Waals surface area contributed by atoms with Gasteiger partial charge >= 0.3 is 0 Å². The Morgan fingerprint density at radius 2 is 2.21 bits per heavy atom. The summed E-state index contributed by atoms with van der Waals surface area (Å²) in [6, 6.07) is 5.97. The second-order valence-corrected chi connectivity index (χ2v) is 5.37. The molecular weight excluding hydrogens is 241 g/mol. The number of carbonyl (C=O) groups is 1. The van der Waals surface area contributed by atoms with Crippen LogP contribution in [0.1, 0.15) is 43.0 Å². The number of hydrogen-bond donors (Lipinski definition) is 0. The van der Waals surface area contributed by atoms with Crippen molar-refractivity contribution in [2.45, 2.75) is 32.6 Å². The first kappa shape index (κ1) is 14.2. The van der Waals surface area contributed by atoms with Crippen LogP contribution in [0.4, 0.5) is 4.39 Å². The van der Waals surface area contributed by atoms with Crippen LogP contribution in [0.3, 0.4) is 0 Å². The van der Waals surface area contributed by atoms with E-state index in [1.54, 1.807) is 12.1 Å². The molecule has 1 aliphatic rings. The van der Waals surface area contributed by atoms with Crippen LogP contribution < -0.4 is 0 Å². The zero-order chi connectivity index (χ0) is 13.7. The number of halogens is 1. The van der Waals surface area contributed by atoms with Crippen molar-refractivity contribution in [3.63, 3.8) is 0 Å². The van der Waals surface area contributed by atoms with Gasteiger partial charge in [-0.05, 0) is 37.4 Å². The summed E-state index contributed by atoms with van der Waals surface area (Å²) in [5, 5.41) is 0. The molecule has 0 atom stereocenters. The van der Waals surface area contributed by atoms with Crippen LogP contribution in [0.5, 0.6) is 0 Å². The van der Waals surface area contributed by atoms with Gasteiger partial charge < -0.3 is 4.90 Å². The summed E-state index contributed by atoms with van der Waals surface area (Å²) in [5.41, 5.74) is 0.486. The van der Waals surface area contributed by atoms with Gasteiger partial charge in [0.2, 0.25) is 0 Å². The zero-order valence-corrected chi connectivity index (χ0v) is 11.6. The fourth-order valence-corrected chi connectivity index (χ4v) is 2.48. The summed E-state index contributed by atoms with van der Waals surface area (Å²) in [6.45, 7) is 4.99. The maximum Gasteiger partial charge on any atom is 0.164 e. The first-order chi connectivity index (χ1) is 9.19. The molecule has 0 unspecified atom stereocenters. The molecule has 3 heteroatoms. The van der Waals surface area contributed by atoms with E-state index in [0.29, 0.717) is 12.0 Å². The average molecular weight is 263 g/mol. The van der Waals surface area contributed by atoms with Gasteiger partial charge in [-0.2, -0.15) is 0 Å². The quantitative estimate of drug-likeness (QED) is 0.701. The topological polar surface area (TPSA) is 20.3 Å². The van der Waals surface area contributed by atoms with Gasteiger partial charge in [-0.1, -0.05) is 25.5 Å². The third-order valence-corrected chi connectivity index (χ3v) is 3.99. The molecule has 104 valence electrons. The molecule has 0 heterocycles. The molecule has 0 aromatic heterocycles. The van der Waals surface area contributed by atoms with Gasteiger partial charge in [-0.15, -0.1) is 0 Å². The molecule has 1 aliphatic carbocycles. The number of Topliss-reactive ketones (excluding diaryl/α,β-unsaturated/α-hetero) is 1. The van der Waals surface area contributed by atoms with Crippen LogP contribution in [0.2, 0.25) is 0 Å². The minimum atomic E-state index is -0.340. The molecule has 0 aliphatic heterocycles. The molecule has 0 saturated heterocycles. The summed E-state index contributed by atoms with van der Waals surface area (Å²) in [6.07, 6.45) is 4.48. The maximum atomic E-state index is 13.1. The highest BCUT2D eigenvalue weighted by Crippen LogP contribution is 2.27. The van der Waals surface area contributed by atoms with Crippen molar-refractivity contribution in [2.75, 3.05) is 19.6 Å². The summed E-state index contributed by atoms with van der Waals surface area (Å²) in [4.78, 5) is 14.3. The Bertz CT molecular complexity index is 429. The molecule has 0 radical (unpaired) electrons. The highest BCUT2D eigenvalue weighted by Gasteiger charge is 2.20. The van der Waals surface area contributed by atoms with Crippen molar-refractivity contribution in [3.8, 4) is 0 Å². The Kier molecular flexibility index (Phi) is 5.08. The summed E-state index contributed by atoms with van der Waals surface area (Å²) in [5.74, 6) is 0.517. The number of nitrogens with zero attached hydrogens (tertiary/aromatic N) is 1. The van der Waals surface area contributed by atoms with Crippen molar-refractivity contribution in [3.05, 3.63) is 35.6 Å². The van der Waals surface area contributed by atoms with E-state index in [4.69, 9.17) is 0 Å². The Hall–Kier alpha value is -1.22. The standard InChI is InChI=1S/C16H22FNO/c1-2-18(12-13-5-3-6-13)10-9-16(19)14-7-4-8-15(17)11-14/h4,7-8,11,13H,2-3,5-6,9-10,12H2,1H3. The molecular formula is C16H22FNO. The highest BCUT2D eigenvalue weighted by atomic mass is 19.1. The molecule has 0 N–H and O–H groups in total. The van der Waals surface area contributed by atoms with Crippen LogP contribution in [0.25, 0.3) is 0 Å². The summed E-state index contributed by atoms with van der Waals surface area (Å²) in [7, 11) is 0. The van der Waals surface area contributed by atoms with E-state index in [1.165, 1.54) is 31.4 Å². The van der Waals surface area contributed by atoms with Gasteiger partial charge in [0, 0.05) is 25.1 Å². The van der Waals surface area contributed by atoms with Gasteiger partial charge in [-0.25, -0.2) is 4.39 Å². The second kappa shape index (κ2) is 6.80. The first-order valence-electron chi connectivity index (χ1n) is 7.20. The van der Waals surface area contributed by atoms with E-state index in [0.717, 1.165) is 25.6 Å². The molecule has 0 spiro atoms. The van der Waals surface area contributed by atoms with Crippen molar-refractivity contribution in [2.24, 2.45) is 5.92 Å². The average Bonchev–Trinajstić information content (AvgIpc) is 2.36. The molecule has 0 bridgehead atoms. The lowest BCUT2D eigenvalue weighted by molar-refractivity contribution is 0.0953. The zero-order valence-electron chi connectivity index (χ0n) is 11.6. The number of benzene rings is 1. The largest absolute Gasteiger partial charge is 0.303 e. The van der Waals surface area contributed by atoms with Crippen LogP contribution in [-0.4, -0.2) is 30.3 Å². The van der Waals surface area contributed by atoms with E-state index in [9.17, 15) is 9.18 Å². The lowest BCUT2D eigenvalue weighted by Gasteiger charge is -2.31. The molecule has 1 fully saturated rings. The van der Waals surface area contributed by atoms with Gasteiger partial charge in [0.25, 0.3) is 0 Å². The van der Waals surface area contributed by atoms with Crippen LogP contribution in [-0.2, 0) is 0 Å². The highest BCUT2D eigenvalue weighted by molar-refractivity contribution is 5.96. The fourth-order valence-electron chi connectivity index (χ4n) is 2.48. The van der Waals surface area contributed by atoms with Crippen LogP contribution in [0.15, 0.2) is 24.3 Å². The van der Waals surface area contributed by atoms with Crippen molar-refractivity contribution < 1.29 is 9.18 Å². The predicted octanol–water partition coefficient (Wildman–Crippen LogP) is 3.52. The number of hydrogen-bond acceptors (Lipinski definition) is 2. The number of carbonyl (C=O) groups excluding carboxylic acids is 1. The molecule has 1 aromatic rings. The van der Waals surface area contributed by atoms with Gasteiger partial charge in [0.1, 0.15) is 5.82 Å². The third kappa shape index (κ3) is 4.13. The third-order valence-electron chi connectivity index (χ3n) is 3.99. The second-order valence-electron chi connectivity index (χ2n) is 5.37. The Morgan fingerprint density at radius 1 is 1.42 bits per heavy atom. The molecule has 19 heavy (non-hydrogen) atoms. The Balaban J connectivity index is 1.81. The lowest BCUT2D eigenvalue weighted by Crippen LogP contribution is -2.34. The number of rotatable bonds is 7. The van der Waals surface area contributed by atoms with E-state index in [2.05, 4.69) is 11.8 Å². The van der Waals surface area contributed by atoms with Crippen LogP contribution in [0, 0.1) is 11.7 Å². The Labute approximate surface area is 114 Å². The fraction of sp³-hybridized carbons (Fsp3) is 0.562. The lowest BCUT2D eigenvalue weighted by atomic mass is 9.85. The van der Waals surface area contributed by atoms with Crippen molar-refractivity contribution in [1.82, 2.24) is 4.90 Å². The van der Waals surface area contributed by atoms with E-state index >= 15 is 0 Å². The minimum absolute atomic E-state index is 0.0339. The van der Waals surface area contributed by atoms with E-state index in [1.807, 2.05) is 0 Å². The SMILES string of the molecule is CCN(CCC(=O)c1cccc(F)c1)CC1CCC1. The minimum Gasteiger partial charge on any atom is -0.303 e. The normalized spacial score (nSPS) is 15.5. The first-order valence-corrected chi connectivity index (χ1v) is 7.20. The van der Waals surface area contributed by atoms with Crippen molar-refractivity contribution in [1.29, 1.82) is 0 Å². The molecule has 1 saturated carbocycles. The monoisotopic (exact) mass is 263 g/mol. The predicted molar refractivity (Wildman–Crippen MR) is 74.8 cm³/mol. The van der Waals surface area contributed by atoms with E-state index in [-0.39, 0.29) is 11.6 Å². The van der Waals surface area contributed by atoms with E-state index < -0.39 is 0 Å². The smallest absolute Gasteiger partial charge is 0.164 e. The molecule has 0 amide bonds. The molecule has 2 nitrogen and oxygen atoms in total. The Morgan fingerprint density at radius 3 is 2.79 bits per heavy atom. The summed E-state index contributed by atoms with van der Waals surface area (Å²) < 4.78 is 13.1. The van der Waals surface area contributed by atoms with Gasteiger partial charge in [-0.3, -0.25) is 4.79 Å². The maximum absolute atomic E-state index is 13.1. The van der Waals surface area contributed by atoms with Crippen molar-refractivity contribution >= 4 is 5.78 Å². The van der Waals surface area contributed by atoms with Crippen LogP contribution >= 0.6 is 0 Å². The number of ketones is 1.